The Morgan fingerprint density at radius 2 is 2.20 bits per heavy atom. The van der Waals surface area contributed by atoms with E-state index < -0.39 is 0 Å². The highest BCUT2D eigenvalue weighted by atomic mass is 32.1. The van der Waals surface area contributed by atoms with Crippen molar-refractivity contribution in [2.45, 2.75) is 6.04 Å². The molecule has 20 heavy (non-hydrogen) atoms. The van der Waals surface area contributed by atoms with E-state index in [2.05, 4.69) is 26.2 Å². The van der Waals surface area contributed by atoms with E-state index in [0.717, 1.165) is 5.00 Å². The number of thiophene rings is 1. The Hall–Kier alpha value is -1.79. The molecule has 1 atom stereocenters. The van der Waals surface area contributed by atoms with Crippen LogP contribution in [-0.2, 0) is 7.05 Å². The first kappa shape index (κ1) is 14.6. The molecule has 0 unspecified atom stereocenters. The van der Waals surface area contributed by atoms with Gasteiger partial charge < -0.3 is 9.88 Å². The lowest BCUT2D eigenvalue weighted by Gasteiger charge is -2.25. The average Bonchev–Trinajstić information content (AvgIpc) is 3.02. The molecule has 0 radical (unpaired) electrons. The average molecular weight is 292 g/mol. The van der Waals surface area contributed by atoms with Crippen LogP contribution < -0.4 is 10.6 Å². The Morgan fingerprint density at radius 3 is 2.75 bits per heavy atom. The highest BCUT2D eigenvalue weighted by Crippen LogP contribution is 2.18. The normalized spacial score (nSPS) is 12.4. The van der Waals surface area contributed by atoms with Crippen LogP contribution >= 0.6 is 11.3 Å². The predicted octanol–water partition coefficient (Wildman–Crippen LogP) is 2.51. The number of rotatable bonds is 5. The Kier molecular flexibility index (Phi) is 4.81. The molecule has 0 aliphatic carbocycles. The molecule has 0 saturated carbocycles. The molecule has 108 valence electrons. The Labute approximate surface area is 123 Å². The van der Waals surface area contributed by atoms with Gasteiger partial charge in [0, 0.05) is 25.5 Å². The highest BCUT2D eigenvalue weighted by molar-refractivity contribution is 7.14. The number of aromatic nitrogens is 1. The summed E-state index contributed by atoms with van der Waals surface area (Å²) in [5.74, 6) is 0. The molecule has 0 saturated heterocycles. The van der Waals surface area contributed by atoms with E-state index in [1.54, 1.807) is 0 Å². The first-order valence-electron chi connectivity index (χ1n) is 6.44. The smallest absolute Gasteiger partial charge is 0.319 e. The van der Waals surface area contributed by atoms with Crippen LogP contribution in [-0.4, -0.2) is 36.1 Å². The Balaban J connectivity index is 1.93. The lowest BCUT2D eigenvalue weighted by molar-refractivity contribution is 0.241. The fraction of sp³-hybridized carbons (Fsp3) is 0.357. The van der Waals surface area contributed by atoms with Crippen molar-refractivity contribution < 1.29 is 4.79 Å². The molecule has 2 amide bonds. The summed E-state index contributed by atoms with van der Waals surface area (Å²) in [6, 6.07) is 7.84. The third kappa shape index (κ3) is 3.61. The van der Waals surface area contributed by atoms with Gasteiger partial charge in [-0.1, -0.05) is 0 Å². The molecule has 2 rings (SSSR count). The van der Waals surface area contributed by atoms with Crippen LogP contribution in [0.1, 0.15) is 11.7 Å². The van der Waals surface area contributed by atoms with Crippen LogP contribution in [0, 0.1) is 0 Å². The third-order valence-electron chi connectivity index (χ3n) is 3.16. The fourth-order valence-electron chi connectivity index (χ4n) is 2.07. The van der Waals surface area contributed by atoms with E-state index in [1.807, 2.05) is 50.9 Å². The van der Waals surface area contributed by atoms with Crippen molar-refractivity contribution in [2.24, 2.45) is 7.05 Å². The number of carbonyl (C=O) groups is 1. The topological polar surface area (TPSA) is 49.3 Å². The standard InChI is InChI=1S/C14H20N4OS/c1-17(2)12(11-6-4-8-18(11)3)10-15-14(19)16-13-7-5-9-20-13/h4-9,12H,10H2,1-3H3,(H2,15,16,19)/t12-/m0/s1. The van der Waals surface area contributed by atoms with Crippen molar-refractivity contribution >= 4 is 22.4 Å². The summed E-state index contributed by atoms with van der Waals surface area (Å²) in [6.45, 7) is 0.558. The van der Waals surface area contributed by atoms with Crippen LogP contribution in [0.25, 0.3) is 0 Å². The molecular weight excluding hydrogens is 272 g/mol. The maximum absolute atomic E-state index is 11.9. The monoisotopic (exact) mass is 292 g/mol. The molecule has 0 spiro atoms. The van der Waals surface area contributed by atoms with Crippen LogP contribution in [0.5, 0.6) is 0 Å². The molecule has 6 heteroatoms. The van der Waals surface area contributed by atoms with Gasteiger partial charge in [0.25, 0.3) is 0 Å². The van der Waals surface area contributed by atoms with Gasteiger partial charge >= 0.3 is 6.03 Å². The molecule has 0 fully saturated rings. The van der Waals surface area contributed by atoms with Gasteiger partial charge in [-0.25, -0.2) is 4.79 Å². The predicted molar refractivity (Wildman–Crippen MR) is 83.2 cm³/mol. The van der Waals surface area contributed by atoms with Crippen molar-refractivity contribution in [1.82, 2.24) is 14.8 Å². The van der Waals surface area contributed by atoms with Gasteiger partial charge in [-0.05, 0) is 43.7 Å². The van der Waals surface area contributed by atoms with Gasteiger partial charge in [0.05, 0.1) is 11.0 Å². The quantitative estimate of drug-likeness (QED) is 0.889. The minimum Gasteiger partial charge on any atom is -0.353 e. The zero-order valence-electron chi connectivity index (χ0n) is 12.0. The number of nitrogens with one attached hydrogen (secondary N) is 2. The maximum Gasteiger partial charge on any atom is 0.319 e. The summed E-state index contributed by atoms with van der Waals surface area (Å²) < 4.78 is 2.07. The summed E-state index contributed by atoms with van der Waals surface area (Å²) in [6.07, 6.45) is 2.01. The molecule has 0 aliphatic heterocycles. The second-order valence-electron chi connectivity index (χ2n) is 4.84. The SMILES string of the molecule is CN(C)[C@@H](CNC(=O)Nc1cccs1)c1cccn1C. The molecule has 2 aromatic rings. The van der Waals surface area contributed by atoms with Crippen LogP contribution in [0.4, 0.5) is 9.80 Å². The molecule has 0 aliphatic rings. The number of aryl methyl sites for hydroxylation is 1. The van der Waals surface area contributed by atoms with Gasteiger partial charge in [-0.2, -0.15) is 0 Å². The molecule has 2 N–H and O–H groups in total. The number of urea groups is 1. The lowest BCUT2D eigenvalue weighted by Crippen LogP contribution is -2.37. The van der Waals surface area contributed by atoms with Gasteiger partial charge in [0.2, 0.25) is 0 Å². The number of carbonyl (C=O) groups excluding carboxylic acids is 1. The summed E-state index contributed by atoms with van der Waals surface area (Å²) in [7, 11) is 6.03. The number of anilines is 1. The number of likely N-dealkylation sites (N-methyl/N-ethyl adjacent to an activating group) is 1. The Bertz CT molecular complexity index is 547. The Morgan fingerprint density at radius 1 is 1.40 bits per heavy atom. The van der Waals surface area contributed by atoms with E-state index in [0.29, 0.717) is 6.54 Å². The van der Waals surface area contributed by atoms with E-state index in [4.69, 9.17) is 0 Å². The zero-order chi connectivity index (χ0) is 14.5. The summed E-state index contributed by atoms with van der Waals surface area (Å²) in [4.78, 5) is 13.9. The van der Waals surface area contributed by atoms with Crippen LogP contribution in [0.2, 0.25) is 0 Å². The van der Waals surface area contributed by atoms with Gasteiger partial charge in [0.15, 0.2) is 0 Å². The van der Waals surface area contributed by atoms with Gasteiger partial charge in [0.1, 0.15) is 0 Å². The molecule has 0 bridgehead atoms. The minimum atomic E-state index is -0.173. The number of nitrogens with zero attached hydrogens (tertiary/aromatic N) is 2. The molecule has 2 aromatic heterocycles. The zero-order valence-corrected chi connectivity index (χ0v) is 12.8. The van der Waals surface area contributed by atoms with Gasteiger partial charge in [-0.3, -0.25) is 10.2 Å². The first-order valence-corrected chi connectivity index (χ1v) is 7.32. The fourth-order valence-corrected chi connectivity index (χ4v) is 2.68. The van der Waals surface area contributed by atoms with E-state index in [-0.39, 0.29) is 12.1 Å². The number of hydrogen-bond donors (Lipinski definition) is 2. The van der Waals surface area contributed by atoms with Crippen molar-refractivity contribution in [2.75, 3.05) is 26.0 Å². The van der Waals surface area contributed by atoms with E-state index in [1.165, 1.54) is 17.0 Å². The van der Waals surface area contributed by atoms with Crippen molar-refractivity contribution in [3.8, 4) is 0 Å². The molecule has 5 nitrogen and oxygen atoms in total. The number of amides is 2. The van der Waals surface area contributed by atoms with Crippen LogP contribution in [0.3, 0.4) is 0 Å². The minimum absolute atomic E-state index is 0.143. The van der Waals surface area contributed by atoms with Gasteiger partial charge in [-0.15, -0.1) is 11.3 Å². The van der Waals surface area contributed by atoms with Crippen LogP contribution in [0.15, 0.2) is 35.8 Å². The largest absolute Gasteiger partial charge is 0.353 e. The summed E-state index contributed by atoms with van der Waals surface area (Å²) >= 11 is 1.51. The lowest BCUT2D eigenvalue weighted by atomic mass is 10.2. The van der Waals surface area contributed by atoms with E-state index in [9.17, 15) is 4.79 Å². The maximum atomic E-state index is 11.9. The highest BCUT2D eigenvalue weighted by Gasteiger charge is 2.17. The van der Waals surface area contributed by atoms with Crippen molar-refractivity contribution in [3.63, 3.8) is 0 Å². The summed E-state index contributed by atoms with van der Waals surface area (Å²) in [5.41, 5.74) is 1.17. The third-order valence-corrected chi connectivity index (χ3v) is 3.95. The van der Waals surface area contributed by atoms with Crippen molar-refractivity contribution in [1.29, 1.82) is 0 Å². The molecule has 2 heterocycles. The second kappa shape index (κ2) is 6.58. The van der Waals surface area contributed by atoms with Crippen molar-refractivity contribution in [3.05, 3.63) is 41.5 Å². The van der Waals surface area contributed by atoms with E-state index >= 15 is 0 Å². The first-order chi connectivity index (χ1) is 9.58. The number of hydrogen-bond acceptors (Lipinski definition) is 3. The second-order valence-corrected chi connectivity index (χ2v) is 5.78. The molecule has 0 aromatic carbocycles. The molecular formula is C14H20N4OS. The summed E-state index contributed by atoms with van der Waals surface area (Å²) in [5, 5.41) is 8.52.